The number of rotatable bonds is 9. The van der Waals surface area contributed by atoms with Crippen molar-refractivity contribution in [2.75, 3.05) is 50.0 Å². The summed E-state index contributed by atoms with van der Waals surface area (Å²) in [5.41, 5.74) is 0.389. The fraction of sp³-hybridized carbons (Fsp3) is 0.611. The number of halogens is 1. The van der Waals surface area contributed by atoms with Crippen LogP contribution in [0, 0.1) is 0 Å². The lowest BCUT2D eigenvalue weighted by Gasteiger charge is -2.30. The topological polar surface area (TPSA) is 79.0 Å². The Labute approximate surface area is 166 Å². The maximum atomic E-state index is 12.7. The Morgan fingerprint density at radius 2 is 2.07 bits per heavy atom. The molecule has 1 aliphatic heterocycles. The van der Waals surface area contributed by atoms with E-state index in [2.05, 4.69) is 10.2 Å². The molecule has 1 fully saturated rings. The second kappa shape index (κ2) is 10.3. The number of carbonyl (C=O) groups is 1. The molecule has 1 aromatic rings. The van der Waals surface area contributed by atoms with Crippen molar-refractivity contribution in [1.82, 2.24) is 10.2 Å². The molecule has 0 bridgehead atoms. The van der Waals surface area contributed by atoms with Gasteiger partial charge in [0.25, 0.3) is 0 Å². The SMILES string of the molecule is CC[C@@H](C(=O)NCCCN1CCOCC1)N(c1cccc(Cl)c1)S(C)(=O)=O. The molecule has 2 rings (SSSR count). The summed E-state index contributed by atoms with van der Waals surface area (Å²) >= 11 is 6.01. The number of nitrogens with one attached hydrogen (secondary N) is 1. The van der Waals surface area contributed by atoms with Gasteiger partial charge in [-0.25, -0.2) is 8.42 Å². The van der Waals surface area contributed by atoms with Crippen LogP contribution in [0.5, 0.6) is 0 Å². The van der Waals surface area contributed by atoms with Crippen LogP contribution >= 0.6 is 11.6 Å². The first-order valence-electron chi connectivity index (χ1n) is 9.15. The van der Waals surface area contributed by atoms with Gasteiger partial charge in [-0.2, -0.15) is 0 Å². The van der Waals surface area contributed by atoms with Crippen LogP contribution in [0.15, 0.2) is 24.3 Å². The van der Waals surface area contributed by atoms with Gasteiger partial charge in [0, 0.05) is 24.7 Å². The largest absolute Gasteiger partial charge is 0.379 e. The minimum absolute atomic E-state index is 0.301. The summed E-state index contributed by atoms with van der Waals surface area (Å²) in [4.78, 5) is 15.0. The lowest BCUT2D eigenvalue weighted by molar-refractivity contribution is -0.122. The highest BCUT2D eigenvalue weighted by Gasteiger charge is 2.31. The summed E-state index contributed by atoms with van der Waals surface area (Å²) in [6.07, 6.45) is 2.26. The second-order valence-electron chi connectivity index (χ2n) is 6.56. The van der Waals surface area contributed by atoms with Crippen LogP contribution in [0.25, 0.3) is 0 Å². The van der Waals surface area contributed by atoms with E-state index >= 15 is 0 Å². The predicted molar refractivity (Wildman–Crippen MR) is 108 cm³/mol. The molecule has 1 heterocycles. The van der Waals surface area contributed by atoms with E-state index in [0.29, 0.717) is 23.7 Å². The van der Waals surface area contributed by atoms with Gasteiger partial charge in [-0.1, -0.05) is 24.6 Å². The van der Waals surface area contributed by atoms with Gasteiger partial charge in [0.15, 0.2) is 0 Å². The van der Waals surface area contributed by atoms with Gasteiger partial charge in [0.1, 0.15) is 6.04 Å². The van der Waals surface area contributed by atoms with Crippen molar-refractivity contribution >= 4 is 33.2 Å². The molecule has 1 aromatic carbocycles. The van der Waals surface area contributed by atoms with Gasteiger partial charge in [-0.05, 0) is 37.6 Å². The fourth-order valence-electron chi connectivity index (χ4n) is 3.13. The zero-order valence-electron chi connectivity index (χ0n) is 15.9. The summed E-state index contributed by atoms with van der Waals surface area (Å²) in [5, 5.41) is 3.29. The highest BCUT2D eigenvalue weighted by Crippen LogP contribution is 2.25. The number of sulfonamides is 1. The van der Waals surface area contributed by atoms with E-state index in [0.717, 1.165) is 49.8 Å². The number of amides is 1. The van der Waals surface area contributed by atoms with Gasteiger partial charge >= 0.3 is 0 Å². The zero-order valence-corrected chi connectivity index (χ0v) is 17.4. The maximum absolute atomic E-state index is 12.7. The lowest BCUT2D eigenvalue weighted by atomic mass is 10.2. The van der Waals surface area contributed by atoms with Crippen LogP contribution in [0.1, 0.15) is 19.8 Å². The Hall–Kier alpha value is -1.35. The molecule has 1 aliphatic rings. The molecule has 9 heteroatoms. The van der Waals surface area contributed by atoms with Crippen LogP contribution < -0.4 is 9.62 Å². The van der Waals surface area contributed by atoms with Gasteiger partial charge in [0.05, 0.1) is 25.2 Å². The van der Waals surface area contributed by atoms with Crippen molar-refractivity contribution < 1.29 is 17.9 Å². The summed E-state index contributed by atoms with van der Waals surface area (Å²) in [6.45, 7) is 6.47. The van der Waals surface area contributed by atoms with Gasteiger partial charge in [-0.3, -0.25) is 14.0 Å². The number of morpholine rings is 1. The molecule has 0 spiro atoms. The molecule has 0 aliphatic carbocycles. The average Bonchev–Trinajstić information content (AvgIpc) is 2.62. The highest BCUT2D eigenvalue weighted by atomic mass is 35.5. The van der Waals surface area contributed by atoms with Crippen LogP contribution in [0.4, 0.5) is 5.69 Å². The van der Waals surface area contributed by atoms with E-state index in [9.17, 15) is 13.2 Å². The average molecular weight is 418 g/mol. The van der Waals surface area contributed by atoms with Crippen LogP contribution in [-0.2, 0) is 19.6 Å². The first kappa shape index (κ1) is 21.9. The Balaban J connectivity index is 1.99. The van der Waals surface area contributed by atoms with Gasteiger partial charge in [-0.15, -0.1) is 0 Å². The fourth-order valence-corrected chi connectivity index (χ4v) is 4.52. The monoisotopic (exact) mass is 417 g/mol. The molecular weight excluding hydrogens is 390 g/mol. The normalized spacial score (nSPS) is 16.7. The van der Waals surface area contributed by atoms with E-state index in [1.54, 1.807) is 31.2 Å². The Bertz CT molecular complexity index is 723. The van der Waals surface area contributed by atoms with E-state index in [1.807, 2.05) is 0 Å². The number of ether oxygens (including phenoxy) is 1. The predicted octanol–water partition coefficient (Wildman–Crippen LogP) is 1.72. The maximum Gasteiger partial charge on any atom is 0.243 e. The van der Waals surface area contributed by atoms with Crippen LogP contribution in [0.2, 0.25) is 5.02 Å². The van der Waals surface area contributed by atoms with Crippen molar-refractivity contribution in [2.45, 2.75) is 25.8 Å². The third-order valence-corrected chi connectivity index (χ3v) is 5.86. The van der Waals surface area contributed by atoms with Crippen molar-refractivity contribution in [3.8, 4) is 0 Å². The van der Waals surface area contributed by atoms with Gasteiger partial charge in [0.2, 0.25) is 15.9 Å². The molecule has 1 saturated heterocycles. The lowest BCUT2D eigenvalue weighted by Crippen LogP contribution is -2.49. The standard InChI is InChI=1S/C18H28ClN3O4S/c1-3-17(18(23)20-8-5-9-21-10-12-26-13-11-21)22(27(2,24)25)16-7-4-6-15(19)14-16/h4,6-7,14,17H,3,5,8-13H2,1-2H3,(H,20,23)/t17-/m0/s1. The van der Waals surface area contributed by atoms with Crippen molar-refractivity contribution in [1.29, 1.82) is 0 Å². The van der Waals surface area contributed by atoms with Gasteiger partial charge < -0.3 is 10.1 Å². The molecule has 0 saturated carbocycles. The van der Waals surface area contributed by atoms with Crippen molar-refractivity contribution in [3.05, 3.63) is 29.3 Å². The number of hydrogen-bond donors (Lipinski definition) is 1. The molecule has 1 N–H and O–H groups in total. The molecule has 152 valence electrons. The van der Waals surface area contributed by atoms with E-state index in [-0.39, 0.29) is 5.91 Å². The van der Waals surface area contributed by atoms with E-state index < -0.39 is 16.1 Å². The van der Waals surface area contributed by atoms with Crippen LogP contribution in [0.3, 0.4) is 0 Å². The number of nitrogens with zero attached hydrogens (tertiary/aromatic N) is 2. The minimum atomic E-state index is -3.65. The third kappa shape index (κ3) is 6.64. The quantitative estimate of drug-likeness (QED) is 0.619. The smallest absolute Gasteiger partial charge is 0.243 e. The van der Waals surface area contributed by atoms with E-state index in [1.165, 1.54) is 0 Å². The summed E-state index contributed by atoms with van der Waals surface area (Å²) in [6, 6.07) is 5.71. The van der Waals surface area contributed by atoms with E-state index in [4.69, 9.17) is 16.3 Å². The number of hydrogen-bond acceptors (Lipinski definition) is 5. The molecule has 1 amide bonds. The summed E-state index contributed by atoms with van der Waals surface area (Å²) in [5.74, 6) is -0.301. The number of anilines is 1. The second-order valence-corrected chi connectivity index (χ2v) is 8.86. The minimum Gasteiger partial charge on any atom is -0.379 e. The zero-order chi connectivity index (χ0) is 19.9. The Morgan fingerprint density at radius 1 is 1.37 bits per heavy atom. The molecule has 7 nitrogen and oxygen atoms in total. The molecule has 1 atom stereocenters. The molecule has 0 unspecified atom stereocenters. The molecule has 27 heavy (non-hydrogen) atoms. The highest BCUT2D eigenvalue weighted by molar-refractivity contribution is 7.92. The Morgan fingerprint density at radius 3 is 2.67 bits per heavy atom. The molecule has 0 radical (unpaired) electrons. The Kier molecular flexibility index (Phi) is 8.34. The third-order valence-electron chi connectivity index (χ3n) is 4.45. The van der Waals surface area contributed by atoms with Crippen molar-refractivity contribution in [3.63, 3.8) is 0 Å². The first-order chi connectivity index (χ1) is 12.8. The van der Waals surface area contributed by atoms with Crippen molar-refractivity contribution in [2.24, 2.45) is 0 Å². The molecule has 0 aromatic heterocycles. The number of carbonyl (C=O) groups excluding carboxylic acids is 1. The summed E-state index contributed by atoms with van der Waals surface area (Å²) in [7, 11) is -3.65. The van der Waals surface area contributed by atoms with Crippen LogP contribution in [-0.4, -0.2) is 70.9 Å². The first-order valence-corrected chi connectivity index (χ1v) is 11.4. The number of benzene rings is 1. The summed E-state index contributed by atoms with van der Waals surface area (Å²) < 4.78 is 31.2. The molecular formula is C18H28ClN3O4S.